The highest BCUT2D eigenvalue weighted by molar-refractivity contribution is 7.99. The van der Waals surface area contributed by atoms with Crippen molar-refractivity contribution in [3.63, 3.8) is 0 Å². The quantitative estimate of drug-likeness (QED) is 0.371. The van der Waals surface area contributed by atoms with Crippen LogP contribution in [0.25, 0.3) is 11.4 Å². The maximum absolute atomic E-state index is 12.0. The van der Waals surface area contributed by atoms with Gasteiger partial charge in [0.25, 0.3) is 0 Å². The van der Waals surface area contributed by atoms with Gasteiger partial charge in [-0.2, -0.15) is 0 Å². The standard InChI is InChI=1S/C20H21N5O4S/c1-28-15-9-14(10-16(11-15)29-2)19-21-20(25-24-19)30-12-18(27)23-22-17(26)8-13-6-4-3-5-7-13/h3-7,9-11H,8,12H2,1-2H3,(H,22,26)(H,23,27)(H,21,24,25). The van der Waals surface area contributed by atoms with Gasteiger partial charge in [-0.25, -0.2) is 4.98 Å². The molecule has 0 aliphatic carbocycles. The Kier molecular flexibility index (Phi) is 7.28. The van der Waals surface area contributed by atoms with Gasteiger partial charge in [0.1, 0.15) is 11.5 Å². The molecule has 2 amide bonds. The van der Waals surface area contributed by atoms with Gasteiger partial charge in [0.15, 0.2) is 5.82 Å². The Hall–Kier alpha value is -3.53. The number of carbonyl (C=O) groups excluding carboxylic acids is 2. The maximum Gasteiger partial charge on any atom is 0.248 e. The van der Waals surface area contributed by atoms with Gasteiger partial charge >= 0.3 is 0 Å². The van der Waals surface area contributed by atoms with Crippen molar-refractivity contribution in [2.45, 2.75) is 11.6 Å². The van der Waals surface area contributed by atoms with Crippen LogP contribution in [-0.2, 0) is 16.0 Å². The van der Waals surface area contributed by atoms with Crippen LogP contribution in [0.3, 0.4) is 0 Å². The van der Waals surface area contributed by atoms with Crippen molar-refractivity contribution in [2.75, 3.05) is 20.0 Å². The second-order valence-corrected chi connectivity index (χ2v) is 7.06. The van der Waals surface area contributed by atoms with Crippen molar-refractivity contribution >= 4 is 23.6 Å². The van der Waals surface area contributed by atoms with Crippen LogP contribution in [0.15, 0.2) is 53.7 Å². The number of hydrazine groups is 1. The van der Waals surface area contributed by atoms with E-state index in [2.05, 4.69) is 26.0 Å². The van der Waals surface area contributed by atoms with Crippen molar-refractivity contribution in [3.8, 4) is 22.9 Å². The number of ether oxygens (including phenoxy) is 2. The molecule has 30 heavy (non-hydrogen) atoms. The second-order valence-electron chi connectivity index (χ2n) is 6.12. The van der Waals surface area contributed by atoms with Gasteiger partial charge in [-0.15, -0.1) is 5.10 Å². The number of rotatable bonds is 8. The summed E-state index contributed by atoms with van der Waals surface area (Å²) >= 11 is 1.14. The first-order valence-corrected chi connectivity index (χ1v) is 9.96. The van der Waals surface area contributed by atoms with Crippen LogP contribution in [0, 0.1) is 0 Å². The Morgan fingerprint density at radius 1 is 1.00 bits per heavy atom. The van der Waals surface area contributed by atoms with E-state index in [0.29, 0.717) is 22.5 Å². The van der Waals surface area contributed by atoms with Crippen molar-refractivity contribution in [1.82, 2.24) is 26.0 Å². The average Bonchev–Trinajstić information content (AvgIpc) is 3.25. The van der Waals surface area contributed by atoms with Gasteiger partial charge < -0.3 is 9.47 Å². The third-order valence-corrected chi connectivity index (χ3v) is 4.82. The fraction of sp³-hybridized carbons (Fsp3) is 0.200. The minimum absolute atomic E-state index is 0.0460. The molecule has 3 rings (SSSR count). The molecule has 9 nitrogen and oxygen atoms in total. The number of nitrogens with zero attached hydrogens (tertiary/aromatic N) is 2. The highest BCUT2D eigenvalue weighted by Gasteiger charge is 2.12. The summed E-state index contributed by atoms with van der Waals surface area (Å²) in [5.74, 6) is 1.15. The largest absolute Gasteiger partial charge is 0.497 e. The monoisotopic (exact) mass is 427 g/mol. The maximum atomic E-state index is 12.0. The van der Waals surface area contributed by atoms with Gasteiger partial charge in [-0.05, 0) is 17.7 Å². The third-order valence-electron chi connectivity index (χ3n) is 3.97. The van der Waals surface area contributed by atoms with E-state index in [1.165, 1.54) is 0 Å². The van der Waals surface area contributed by atoms with E-state index in [4.69, 9.17) is 9.47 Å². The Balaban J connectivity index is 1.49. The SMILES string of the molecule is COc1cc(OC)cc(-c2nc(SCC(=O)NNC(=O)Cc3ccccc3)n[nH]2)c1. The number of aromatic amines is 1. The van der Waals surface area contributed by atoms with E-state index < -0.39 is 0 Å². The van der Waals surface area contributed by atoms with Crippen LogP contribution < -0.4 is 20.3 Å². The number of methoxy groups -OCH3 is 2. The molecule has 0 spiro atoms. The minimum atomic E-state index is -0.365. The predicted octanol–water partition coefficient (Wildman–Crippen LogP) is 1.97. The zero-order valence-corrected chi connectivity index (χ0v) is 17.3. The van der Waals surface area contributed by atoms with E-state index in [0.717, 1.165) is 22.9 Å². The van der Waals surface area contributed by atoms with Gasteiger partial charge in [0.05, 0.1) is 26.4 Å². The molecule has 1 aromatic heterocycles. The lowest BCUT2D eigenvalue weighted by atomic mass is 10.1. The normalized spacial score (nSPS) is 10.3. The predicted molar refractivity (Wildman–Crippen MR) is 112 cm³/mol. The second kappa shape index (κ2) is 10.3. The van der Waals surface area contributed by atoms with Crippen LogP contribution in [0.2, 0.25) is 0 Å². The third kappa shape index (κ3) is 5.98. The van der Waals surface area contributed by atoms with E-state index in [-0.39, 0.29) is 24.0 Å². The molecule has 0 saturated heterocycles. The molecule has 3 N–H and O–H groups in total. The van der Waals surface area contributed by atoms with Crippen molar-refractivity contribution in [1.29, 1.82) is 0 Å². The van der Waals surface area contributed by atoms with Gasteiger partial charge in [0, 0.05) is 11.6 Å². The summed E-state index contributed by atoms with van der Waals surface area (Å²) in [4.78, 5) is 28.2. The number of H-pyrrole nitrogens is 1. The minimum Gasteiger partial charge on any atom is -0.497 e. The lowest BCUT2D eigenvalue weighted by Gasteiger charge is -2.06. The zero-order chi connectivity index (χ0) is 21.3. The number of carbonyl (C=O) groups is 2. The molecule has 0 radical (unpaired) electrons. The molecule has 0 aliphatic heterocycles. The number of aromatic nitrogens is 3. The van der Waals surface area contributed by atoms with Crippen molar-refractivity contribution < 1.29 is 19.1 Å². The van der Waals surface area contributed by atoms with Gasteiger partial charge in [-0.1, -0.05) is 42.1 Å². The summed E-state index contributed by atoms with van der Waals surface area (Å²) < 4.78 is 10.5. The van der Waals surface area contributed by atoms with Gasteiger partial charge in [-0.3, -0.25) is 25.5 Å². The van der Waals surface area contributed by atoms with E-state index in [9.17, 15) is 9.59 Å². The molecule has 2 aromatic carbocycles. The first kappa shape index (κ1) is 21.2. The zero-order valence-electron chi connectivity index (χ0n) is 16.5. The first-order valence-electron chi connectivity index (χ1n) is 8.97. The van der Waals surface area contributed by atoms with Crippen LogP contribution in [0.1, 0.15) is 5.56 Å². The van der Waals surface area contributed by atoms with Crippen LogP contribution in [0.5, 0.6) is 11.5 Å². The molecule has 156 valence electrons. The lowest BCUT2D eigenvalue weighted by Crippen LogP contribution is -2.43. The summed E-state index contributed by atoms with van der Waals surface area (Å²) in [7, 11) is 3.13. The summed E-state index contributed by atoms with van der Waals surface area (Å²) in [6.45, 7) is 0. The number of nitrogens with one attached hydrogen (secondary N) is 3. The van der Waals surface area contributed by atoms with Crippen LogP contribution in [-0.4, -0.2) is 47.0 Å². The molecule has 1 heterocycles. The van der Waals surface area contributed by atoms with Crippen LogP contribution in [0.4, 0.5) is 0 Å². The number of hydrogen-bond donors (Lipinski definition) is 3. The number of amides is 2. The molecule has 0 saturated carbocycles. The van der Waals surface area contributed by atoms with Crippen LogP contribution >= 0.6 is 11.8 Å². The fourth-order valence-electron chi connectivity index (χ4n) is 2.52. The summed E-state index contributed by atoms with van der Waals surface area (Å²) in [5.41, 5.74) is 6.38. The number of thioether (sulfide) groups is 1. The van der Waals surface area contributed by atoms with Crippen molar-refractivity contribution in [3.05, 3.63) is 54.1 Å². The molecular formula is C20H21N5O4S. The number of hydrogen-bond acceptors (Lipinski definition) is 7. The van der Waals surface area contributed by atoms with Gasteiger partial charge in [0.2, 0.25) is 17.0 Å². The molecule has 0 bridgehead atoms. The molecule has 3 aromatic rings. The topological polar surface area (TPSA) is 118 Å². The summed E-state index contributed by atoms with van der Waals surface area (Å²) in [5, 5.41) is 7.34. The number of benzene rings is 2. The van der Waals surface area contributed by atoms with E-state index in [1.54, 1.807) is 32.4 Å². The fourth-order valence-corrected chi connectivity index (χ4v) is 3.11. The summed E-state index contributed by atoms with van der Waals surface area (Å²) in [6.07, 6.45) is 0.183. The molecule has 0 unspecified atom stereocenters. The lowest BCUT2D eigenvalue weighted by molar-refractivity contribution is -0.127. The highest BCUT2D eigenvalue weighted by Crippen LogP contribution is 2.28. The Labute approximate surface area is 177 Å². The summed E-state index contributed by atoms with van der Waals surface area (Å²) in [6, 6.07) is 14.6. The Morgan fingerprint density at radius 3 is 2.33 bits per heavy atom. The molecular weight excluding hydrogens is 406 g/mol. The molecule has 0 fully saturated rings. The molecule has 0 aliphatic rings. The smallest absolute Gasteiger partial charge is 0.248 e. The average molecular weight is 427 g/mol. The Bertz CT molecular complexity index is 987. The first-order chi connectivity index (χ1) is 14.6. The van der Waals surface area contributed by atoms with Crippen molar-refractivity contribution in [2.24, 2.45) is 0 Å². The highest BCUT2D eigenvalue weighted by atomic mass is 32.2. The molecule has 10 heteroatoms. The van der Waals surface area contributed by atoms with E-state index in [1.807, 2.05) is 30.3 Å². The van der Waals surface area contributed by atoms with E-state index >= 15 is 0 Å². The Morgan fingerprint density at radius 2 is 1.67 bits per heavy atom. The molecule has 0 atom stereocenters.